The van der Waals surface area contributed by atoms with Gasteiger partial charge >= 0.3 is 55.0 Å². The summed E-state index contributed by atoms with van der Waals surface area (Å²) in [5, 5.41) is 27.3. The summed E-state index contributed by atoms with van der Waals surface area (Å²) in [6, 6.07) is 0. The molecule has 0 radical (unpaired) electrons. The van der Waals surface area contributed by atoms with Gasteiger partial charge in [-0.15, -0.1) is 0 Å². The Morgan fingerprint density at radius 1 is 0.514 bits per heavy atom. The molecule has 30 heteroatoms. The van der Waals surface area contributed by atoms with Crippen molar-refractivity contribution >= 4 is 17.9 Å². The second kappa shape index (κ2) is 27.6. The van der Waals surface area contributed by atoms with E-state index in [-0.39, 0.29) is 81.7 Å². The fraction of sp³-hybridized carbons (Fsp3) is 0.786. The van der Waals surface area contributed by atoms with Gasteiger partial charge in [-0.25, -0.2) is 14.4 Å². The molecule has 0 amide bonds. The number of halogens is 18. The first-order valence-corrected chi connectivity index (χ1v) is 21.4. The molecule has 2 aliphatic rings. The van der Waals surface area contributed by atoms with Crippen molar-refractivity contribution in [3.63, 3.8) is 0 Å². The van der Waals surface area contributed by atoms with E-state index in [1.54, 1.807) is 13.8 Å². The molecule has 0 aliphatic heterocycles. The second-order valence-electron chi connectivity index (χ2n) is 16.2. The second-order valence-corrected chi connectivity index (χ2v) is 16.2. The van der Waals surface area contributed by atoms with Crippen LogP contribution in [0.2, 0.25) is 0 Å². The van der Waals surface area contributed by atoms with Gasteiger partial charge < -0.3 is 43.7 Å². The van der Waals surface area contributed by atoms with E-state index in [1.165, 1.54) is 0 Å². The molecular weight excluding hydrogens is 1040 g/mol. The topological polar surface area (TPSA) is 167 Å². The van der Waals surface area contributed by atoms with Crippen molar-refractivity contribution in [1.29, 1.82) is 0 Å². The van der Waals surface area contributed by atoms with Crippen LogP contribution in [0.5, 0.6) is 0 Å². The highest BCUT2D eigenvalue weighted by atomic mass is 19.4. The molecule has 2 rings (SSSR count). The number of unbranched alkanes of at least 4 members (excludes halogenated alkanes) is 2. The summed E-state index contributed by atoms with van der Waals surface area (Å²) in [5.74, 6) is -5.75. The van der Waals surface area contributed by atoms with Crippen molar-refractivity contribution in [3.8, 4) is 0 Å². The maximum Gasteiger partial charge on any atom is 0.428 e. The average molecular weight is 1090 g/mol. The van der Waals surface area contributed by atoms with Crippen LogP contribution in [-0.2, 0) is 42.8 Å². The molecular formula is C42H56F18O12. The largest absolute Gasteiger partial charge is 0.463 e. The van der Waals surface area contributed by atoms with Crippen LogP contribution in [0.3, 0.4) is 0 Å². The van der Waals surface area contributed by atoms with Gasteiger partial charge in [-0.2, -0.15) is 79.0 Å². The Morgan fingerprint density at radius 2 is 0.972 bits per heavy atom. The van der Waals surface area contributed by atoms with Crippen molar-refractivity contribution in [2.75, 3.05) is 52.9 Å². The molecule has 2 aliphatic carbocycles. The molecule has 4 atom stereocenters. The molecule has 422 valence electrons. The number of hydrogen-bond acceptors (Lipinski definition) is 12. The molecule has 3 N–H and O–H groups in total. The number of esters is 3. The third-order valence-electron chi connectivity index (χ3n) is 10.9. The molecule has 2 fully saturated rings. The van der Waals surface area contributed by atoms with Gasteiger partial charge in [0, 0.05) is 24.5 Å². The fourth-order valence-corrected chi connectivity index (χ4v) is 6.79. The van der Waals surface area contributed by atoms with Crippen molar-refractivity contribution in [1.82, 2.24) is 0 Å². The average Bonchev–Trinajstić information content (AvgIpc) is 3.84. The summed E-state index contributed by atoms with van der Waals surface area (Å²) >= 11 is 0. The molecule has 0 aromatic rings. The predicted octanol–water partition coefficient (Wildman–Crippen LogP) is 9.69. The van der Waals surface area contributed by atoms with Crippen LogP contribution in [0.25, 0.3) is 0 Å². The Morgan fingerprint density at radius 3 is 1.40 bits per heavy atom. The molecule has 0 aromatic carbocycles. The summed E-state index contributed by atoms with van der Waals surface area (Å²) in [5.41, 5.74) is -14.7. The van der Waals surface area contributed by atoms with E-state index >= 15 is 0 Å². The third kappa shape index (κ3) is 18.8. The normalized spacial score (nSPS) is 18.8. The first-order chi connectivity index (χ1) is 32.6. The Bertz CT molecular complexity index is 1710. The van der Waals surface area contributed by atoms with E-state index in [4.69, 9.17) is 19.7 Å². The van der Waals surface area contributed by atoms with Gasteiger partial charge in [-0.1, -0.05) is 33.1 Å². The Balaban J connectivity index is 0.00000105. The quantitative estimate of drug-likeness (QED) is 0.0276. The van der Waals surface area contributed by atoms with Gasteiger partial charge in [-0.3, -0.25) is 0 Å². The van der Waals surface area contributed by atoms with Gasteiger partial charge in [0.2, 0.25) is 0 Å². The zero-order valence-electron chi connectivity index (χ0n) is 38.8. The number of hydrogen-bond donors (Lipinski definition) is 3. The number of alkyl halides is 18. The minimum Gasteiger partial charge on any atom is -0.463 e. The number of ether oxygens (including phenoxy) is 6. The van der Waals surface area contributed by atoms with Gasteiger partial charge in [0.25, 0.3) is 16.8 Å². The first kappa shape index (κ1) is 68.1. The summed E-state index contributed by atoms with van der Waals surface area (Å²) in [4.78, 5) is 34.0. The molecule has 2 saturated carbocycles. The highest BCUT2D eigenvalue weighted by molar-refractivity contribution is 5.88. The lowest BCUT2D eigenvalue weighted by molar-refractivity contribution is -0.390. The molecule has 4 unspecified atom stereocenters. The van der Waals surface area contributed by atoms with Gasteiger partial charge in [0.1, 0.15) is 0 Å². The van der Waals surface area contributed by atoms with E-state index in [2.05, 4.69) is 38.7 Å². The van der Waals surface area contributed by atoms with Crippen LogP contribution in [-0.4, -0.2) is 146 Å². The van der Waals surface area contributed by atoms with Crippen LogP contribution in [0.1, 0.15) is 78.6 Å². The van der Waals surface area contributed by atoms with Crippen LogP contribution in [0.15, 0.2) is 36.5 Å². The Hall–Kier alpha value is -3.87. The molecule has 0 aromatic heterocycles. The van der Waals surface area contributed by atoms with Crippen LogP contribution in [0, 0.1) is 17.8 Å². The predicted molar refractivity (Wildman–Crippen MR) is 212 cm³/mol. The molecule has 0 saturated heterocycles. The lowest BCUT2D eigenvalue weighted by atomic mass is 9.74. The lowest BCUT2D eigenvalue weighted by Gasteiger charge is -2.42. The maximum absolute atomic E-state index is 13.1. The Labute approximate surface area is 400 Å². The number of fused-ring (bicyclic) bond motifs is 2. The summed E-state index contributed by atoms with van der Waals surface area (Å²) in [7, 11) is 0. The number of aliphatic hydroxyl groups is 3. The molecule has 72 heavy (non-hydrogen) atoms. The summed E-state index contributed by atoms with van der Waals surface area (Å²) < 4.78 is 255. The zero-order chi connectivity index (χ0) is 56.5. The van der Waals surface area contributed by atoms with Gasteiger partial charge in [0.05, 0.1) is 63.5 Å². The van der Waals surface area contributed by atoms with E-state index in [0.29, 0.717) is 6.42 Å². The smallest absolute Gasteiger partial charge is 0.428 e. The third-order valence-corrected chi connectivity index (χ3v) is 10.9. The fourth-order valence-electron chi connectivity index (χ4n) is 6.79. The van der Waals surface area contributed by atoms with Crippen molar-refractivity contribution in [2.24, 2.45) is 17.8 Å². The minimum absolute atomic E-state index is 0.0759. The van der Waals surface area contributed by atoms with Gasteiger partial charge in [-0.05, 0) is 70.6 Å². The lowest BCUT2D eigenvalue weighted by Crippen LogP contribution is -2.63. The Kier molecular flexibility index (Phi) is 26.1. The first-order valence-electron chi connectivity index (χ1n) is 21.4. The highest BCUT2D eigenvalue weighted by Gasteiger charge is 2.77. The minimum atomic E-state index is -5.90. The van der Waals surface area contributed by atoms with E-state index < -0.39 is 128 Å². The molecule has 2 bridgehead atoms. The SMILES string of the molecule is C=C(CCCCOCC(O)(C(F)(F)F)C(F)(F)F)C(=O)OCC.C=C(COC1CC2CC1C(C(O)(C(F)(F)F)C(F)(F)F)C2)C(=O)OCC.C=C(COCCC(O)(C(F)(F)F)C(F)(F)F)C(=O)OCCCC. The standard InChI is InChI=1S/C16H20F6O4.2C13H18F6O4/c1-3-25-13(23)8(2)7-26-12-6-9-4-10(12)11(5-9)14(24,15(17,18)19)16(20,21)22;1-3-23-10(20)9(2)6-4-5-7-22-8-11(21,12(14,15)16)13(17,18)19;1-3-4-6-23-10(20)9(2)8-22-7-5-11(21,12(14,15)16)13(17,18)19/h9-12,24H,2-7H2,1H3;2*21H,2-8H2,1H3. The van der Waals surface area contributed by atoms with Crippen LogP contribution in [0.4, 0.5) is 79.0 Å². The van der Waals surface area contributed by atoms with E-state index in [9.17, 15) is 98.5 Å². The van der Waals surface area contributed by atoms with Crippen molar-refractivity contribution in [2.45, 2.75) is 139 Å². The van der Waals surface area contributed by atoms with E-state index in [1.807, 2.05) is 6.92 Å². The zero-order valence-corrected chi connectivity index (χ0v) is 38.8. The molecule has 0 spiro atoms. The molecule has 0 heterocycles. The summed E-state index contributed by atoms with van der Waals surface area (Å²) in [6.45, 7) is 11.1. The van der Waals surface area contributed by atoms with Crippen molar-refractivity contribution in [3.05, 3.63) is 36.5 Å². The van der Waals surface area contributed by atoms with Crippen LogP contribution >= 0.6 is 0 Å². The highest BCUT2D eigenvalue weighted by Crippen LogP contribution is 2.60. The number of rotatable bonds is 24. The monoisotopic (exact) mass is 1090 g/mol. The van der Waals surface area contributed by atoms with Gasteiger partial charge in [0.15, 0.2) is 0 Å². The van der Waals surface area contributed by atoms with E-state index in [0.717, 1.165) is 6.42 Å². The van der Waals surface area contributed by atoms with Crippen molar-refractivity contribution < 1.29 is 137 Å². The number of carbonyl (C=O) groups is 3. The maximum atomic E-state index is 13.1. The molecule has 12 nitrogen and oxygen atoms in total. The summed E-state index contributed by atoms with van der Waals surface area (Å²) in [6.07, 6.45) is -36.1. The number of carbonyl (C=O) groups excluding carboxylic acids is 3. The van der Waals surface area contributed by atoms with Crippen LogP contribution < -0.4 is 0 Å².